The van der Waals surface area contributed by atoms with Crippen molar-refractivity contribution in [2.45, 2.75) is 19.4 Å². The van der Waals surface area contributed by atoms with Gasteiger partial charge in [0.15, 0.2) is 0 Å². The molecule has 0 fully saturated rings. The Morgan fingerprint density at radius 1 is 1.89 bits per heavy atom. The summed E-state index contributed by atoms with van der Waals surface area (Å²) in [6.45, 7) is 1.74. The van der Waals surface area contributed by atoms with Crippen molar-refractivity contribution in [3.05, 3.63) is 0 Å². The fraction of sp³-hybridized carbons (Fsp3) is 0.800. The lowest BCUT2D eigenvalue weighted by Crippen LogP contribution is -2.12. The van der Waals surface area contributed by atoms with E-state index in [1.165, 1.54) is 0 Å². The van der Waals surface area contributed by atoms with Crippen LogP contribution in [0.15, 0.2) is 0 Å². The van der Waals surface area contributed by atoms with Crippen molar-refractivity contribution >= 4 is 28.7 Å². The van der Waals surface area contributed by atoms with Crippen LogP contribution in [0.1, 0.15) is 13.3 Å². The van der Waals surface area contributed by atoms with E-state index in [4.69, 9.17) is 5.11 Å². The average Bonchev–Trinajstić information content (AvgIpc) is 1.63. The Kier molecular flexibility index (Phi) is 4.84. The number of halogens is 1. The van der Waals surface area contributed by atoms with E-state index >= 15 is 0 Å². The normalized spacial score (nSPS) is 12.7. The second kappa shape index (κ2) is 4.84. The Morgan fingerprint density at radius 2 is 2.44 bits per heavy atom. The SMILES string of the molecule is CC(CCI)OC(=O)O. The molecule has 0 aliphatic carbocycles. The predicted molar refractivity (Wildman–Crippen MR) is 42.1 cm³/mol. The molecule has 9 heavy (non-hydrogen) atoms. The molecular formula is C5H9IO3. The molecular weight excluding hydrogens is 235 g/mol. The number of carboxylic acid groups (broad SMARTS) is 1. The summed E-state index contributed by atoms with van der Waals surface area (Å²) < 4.78 is 5.33. The molecule has 0 heterocycles. The van der Waals surface area contributed by atoms with Crippen LogP contribution in [-0.2, 0) is 4.74 Å². The summed E-state index contributed by atoms with van der Waals surface area (Å²) in [5.41, 5.74) is 0. The van der Waals surface area contributed by atoms with Gasteiger partial charge in [-0.15, -0.1) is 0 Å². The Bertz CT molecular complexity index is 94.2. The van der Waals surface area contributed by atoms with Crippen molar-refractivity contribution in [3.8, 4) is 0 Å². The van der Waals surface area contributed by atoms with Gasteiger partial charge in [0.25, 0.3) is 0 Å². The molecule has 0 aliphatic rings. The summed E-state index contributed by atoms with van der Waals surface area (Å²) >= 11 is 2.18. The Morgan fingerprint density at radius 3 is 2.78 bits per heavy atom. The third kappa shape index (κ3) is 5.88. The standard InChI is InChI=1S/C5H9IO3/c1-4(2-3-6)9-5(7)8/h4H,2-3H2,1H3,(H,7,8). The molecule has 0 bridgehead atoms. The van der Waals surface area contributed by atoms with E-state index in [1.54, 1.807) is 6.92 Å². The van der Waals surface area contributed by atoms with Crippen LogP contribution in [0.3, 0.4) is 0 Å². The van der Waals surface area contributed by atoms with Crippen LogP contribution < -0.4 is 0 Å². The van der Waals surface area contributed by atoms with Gasteiger partial charge in [-0.05, 0) is 13.3 Å². The van der Waals surface area contributed by atoms with E-state index in [1.807, 2.05) is 0 Å². The van der Waals surface area contributed by atoms with E-state index in [2.05, 4.69) is 27.3 Å². The van der Waals surface area contributed by atoms with Crippen LogP contribution >= 0.6 is 22.6 Å². The van der Waals surface area contributed by atoms with Crippen LogP contribution in [0, 0.1) is 0 Å². The molecule has 0 saturated carbocycles. The minimum absolute atomic E-state index is 0.167. The first-order valence-corrected chi connectivity index (χ1v) is 4.15. The smallest absolute Gasteiger partial charge is 0.450 e. The zero-order valence-electron chi connectivity index (χ0n) is 5.13. The third-order valence-corrected chi connectivity index (χ3v) is 1.44. The molecule has 0 saturated heterocycles. The lowest BCUT2D eigenvalue weighted by molar-refractivity contribution is 0.0584. The van der Waals surface area contributed by atoms with E-state index in [9.17, 15) is 4.79 Å². The summed E-state index contributed by atoms with van der Waals surface area (Å²) in [6.07, 6.45) is -0.570. The number of carbonyl (C=O) groups is 1. The number of ether oxygens (including phenoxy) is 1. The van der Waals surface area contributed by atoms with Crippen LogP contribution in [0.5, 0.6) is 0 Å². The highest BCUT2D eigenvalue weighted by Crippen LogP contribution is 1.99. The minimum Gasteiger partial charge on any atom is -0.450 e. The maximum atomic E-state index is 9.86. The molecule has 0 spiro atoms. The molecule has 0 aromatic rings. The highest BCUT2D eigenvalue weighted by molar-refractivity contribution is 14.1. The van der Waals surface area contributed by atoms with Gasteiger partial charge in [-0.1, -0.05) is 22.6 Å². The Labute approximate surface area is 67.5 Å². The lowest BCUT2D eigenvalue weighted by Gasteiger charge is -2.06. The first kappa shape index (κ1) is 9.00. The van der Waals surface area contributed by atoms with E-state index in [0.29, 0.717) is 0 Å². The molecule has 4 heteroatoms. The molecule has 0 aliphatic heterocycles. The molecule has 3 nitrogen and oxygen atoms in total. The minimum atomic E-state index is -1.19. The van der Waals surface area contributed by atoms with Crippen LogP contribution in [0.2, 0.25) is 0 Å². The highest BCUT2D eigenvalue weighted by Gasteiger charge is 2.04. The number of alkyl halides is 1. The fourth-order valence-corrected chi connectivity index (χ4v) is 1.26. The van der Waals surface area contributed by atoms with Gasteiger partial charge in [0.05, 0.1) is 0 Å². The van der Waals surface area contributed by atoms with Gasteiger partial charge in [-0.3, -0.25) is 0 Å². The van der Waals surface area contributed by atoms with Crippen LogP contribution in [0.4, 0.5) is 4.79 Å². The molecule has 1 N–H and O–H groups in total. The summed E-state index contributed by atoms with van der Waals surface area (Å²) in [5, 5.41) is 8.09. The molecule has 0 aromatic carbocycles. The monoisotopic (exact) mass is 244 g/mol. The van der Waals surface area contributed by atoms with Gasteiger partial charge in [0, 0.05) is 4.43 Å². The molecule has 0 amide bonds. The molecule has 0 rings (SSSR count). The lowest BCUT2D eigenvalue weighted by atomic mass is 10.3. The van der Waals surface area contributed by atoms with Gasteiger partial charge in [0.2, 0.25) is 0 Å². The van der Waals surface area contributed by atoms with E-state index in [-0.39, 0.29) is 6.10 Å². The number of rotatable bonds is 3. The molecule has 0 radical (unpaired) electrons. The first-order valence-electron chi connectivity index (χ1n) is 2.62. The van der Waals surface area contributed by atoms with Crippen molar-refractivity contribution in [1.82, 2.24) is 0 Å². The second-order valence-corrected chi connectivity index (χ2v) is 2.75. The average molecular weight is 244 g/mol. The van der Waals surface area contributed by atoms with Crippen molar-refractivity contribution in [3.63, 3.8) is 0 Å². The van der Waals surface area contributed by atoms with Crippen molar-refractivity contribution < 1.29 is 14.6 Å². The topological polar surface area (TPSA) is 46.5 Å². The molecule has 1 atom stereocenters. The zero-order valence-corrected chi connectivity index (χ0v) is 7.29. The summed E-state index contributed by atoms with van der Waals surface area (Å²) in [5.74, 6) is 0. The van der Waals surface area contributed by atoms with Gasteiger partial charge >= 0.3 is 6.16 Å². The van der Waals surface area contributed by atoms with E-state index < -0.39 is 6.16 Å². The summed E-state index contributed by atoms with van der Waals surface area (Å²) in [4.78, 5) is 9.86. The summed E-state index contributed by atoms with van der Waals surface area (Å²) in [7, 11) is 0. The fourth-order valence-electron chi connectivity index (χ4n) is 0.385. The van der Waals surface area contributed by atoms with Crippen molar-refractivity contribution in [2.24, 2.45) is 0 Å². The van der Waals surface area contributed by atoms with Crippen LogP contribution in [-0.4, -0.2) is 21.8 Å². The number of hydrogen-bond acceptors (Lipinski definition) is 2. The molecule has 54 valence electrons. The third-order valence-electron chi connectivity index (χ3n) is 0.818. The molecule has 1 unspecified atom stereocenters. The Hall–Kier alpha value is 0. The van der Waals surface area contributed by atoms with Gasteiger partial charge in [-0.2, -0.15) is 0 Å². The first-order chi connectivity index (χ1) is 4.16. The summed E-state index contributed by atoms with van der Waals surface area (Å²) in [6, 6.07) is 0. The maximum absolute atomic E-state index is 9.86. The van der Waals surface area contributed by atoms with E-state index in [0.717, 1.165) is 10.8 Å². The Balaban J connectivity index is 3.26. The van der Waals surface area contributed by atoms with Gasteiger partial charge < -0.3 is 9.84 Å². The highest BCUT2D eigenvalue weighted by atomic mass is 127. The molecule has 0 aromatic heterocycles. The second-order valence-electron chi connectivity index (χ2n) is 1.67. The van der Waals surface area contributed by atoms with Gasteiger partial charge in [0.1, 0.15) is 6.10 Å². The van der Waals surface area contributed by atoms with Crippen LogP contribution in [0.25, 0.3) is 0 Å². The number of hydrogen-bond donors (Lipinski definition) is 1. The van der Waals surface area contributed by atoms with Crippen molar-refractivity contribution in [2.75, 3.05) is 4.43 Å². The van der Waals surface area contributed by atoms with Gasteiger partial charge in [-0.25, -0.2) is 4.79 Å². The largest absolute Gasteiger partial charge is 0.506 e. The van der Waals surface area contributed by atoms with Crippen molar-refractivity contribution in [1.29, 1.82) is 0 Å². The quantitative estimate of drug-likeness (QED) is 0.468. The maximum Gasteiger partial charge on any atom is 0.506 e. The predicted octanol–water partition coefficient (Wildman–Crippen LogP) is 1.89. The zero-order chi connectivity index (χ0) is 7.28.